The summed E-state index contributed by atoms with van der Waals surface area (Å²) in [6.45, 7) is 3.94. The molecule has 4 aromatic carbocycles. The van der Waals surface area contributed by atoms with Gasteiger partial charge in [-0.1, -0.05) is 60.7 Å². The van der Waals surface area contributed by atoms with Crippen LogP contribution in [-0.2, 0) is 37.9 Å². The molecule has 0 saturated carbocycles. The van der Waals surface area contributed by atoms with Crippen LogP contribution in [0.25, 0.3) is 0 Å². The van der Waals surface area contributed by atoms with Crippen LogP contribution < -0.4 is 0 Å². The van der Waals surface area contributed by atoms with Crippen LogP contribution in [0.2, 0.25) is 0 Å². The van der Waals surface area contributed by atoms with E-state index in [-0.39, 0.29) is 47.3 Å². The fourth-order valence-electron chi connectivity index (χ4n) is 5.85. The van der Waals surface area contributed by atoms with Crippen molar-refractivity contribution < 1.29 is 36.2 Å². The highest BCUT2D eigenvalue weighted by atomic mass is 32.2. The van der Waals surface area contributed by atoms with Gasteiger partial charge in [0.25, 0.3) is 11.4 Å². The lowest BCUT2D eigenvalue weighted by Crippen LogP contribution is -2.54. The Balaban J connectivity index is 1.70. The Bertz CT molecular complexity index is 1990. The van der Waals surface area contributed by atoms with Crippen molar-refractivity contribution in [3.8, 4) is 0 Å². The molecule has 1 amide bonds. The fraction of sp³-hybridized carbons (Fsp3) is 0.286. The first-order chi connectivity index (χ1) is 24.5. The number of hydrogen-bond donors (Lipinski definition) is 0. The van der Waals surface area contributed by atoms with Gasteiger partial charge in [0, 0.05) is 50.4 Å². The van der Waals surface area contributed by atoms with E-state index >= 15 is 0 Å². The molecule has 5 rings (SSSR count). The molecule has 0 unspecified atom stereocenters. The molecule has 17 heteroatoms. The molecule has 1 fully saturated rings. The number of carbonyl (C=O) groups is 1. The van der Waals surface area contributed by atoms with Crippen molar-refractivity contribution in [1.29, 1.82) is 0 Å². The zero-order chi connectivity index (χ0) is 37.8. The molecule has 274 valence electrons. The van der Waals surface area contributed by atoms with Crippen molar-refractivity contribution in [3.63, 3.8) is 0 Å². The van der Waals surface area contributed by atoms with E-state index < -0.39 is 53.7 Å². The van der Waals surface area contributed by atoms with Gasteiger partial charge in [0.1, 0.15) is 5.60 Å². The highest BCUT2D eigenvalue weighted by molar-refractivity contribution is 7.89. The molecule has 1 heterocycles. The van der Waals surface area contributed by atoms with Crippen LogP contribution >= 0.6 is 0 Å². The number of nitro groups is 2. The Morgan fingerprint density at radius 3 is 1.33 bits per heavy atom. The van der Waals surface area contributed by atoms with Crippen LogP contribution in [0.1, 0.15) is 31.9 Å². The predicted octanol–water partition coefficient (Wildman–Crippen LogP) is 5.57. The first-order valence-corrected chi connectivity index (χ1v) is 18.9. The number of benzene rings is 4. The lowest BCUT2D eigenvalue weighted by atomic mass is 10.1. The van der Waals surface area contributed by atoms with Crippen LogP contribution in [0.5, 0.6) is 0 Å². The van der Waals surface area contributed by atoms with Crippen molar-refractivity contribution in [3.05, 3.63) is 141 Å². The fourth-order valence-corrected chi connectivity index (χ4v) is 9.12. The van der Waals surface area contributed by atoms with Crippen molar-refractivity contribution in [2.24, 2.45) is 0 Å². The zero-order valence-corrected chi connectivity index (χ0v) is 30.1. The van der Waals surface area contributed by atoms with E-state index in [1.54, 1.807) is 81.4 Å². The smallest absolute Gasteiger partial charge is 0.410 e. The molecule has 0 N–H and O–H groups in total. The van der Waals surface area contributed by atoms with E-state index in [0.717, 1.165) is 57.1 Å². The minimum atomic E-state index is -4.54. The number of likely N-dealkylation sites (tertiary alicyclic amines) is 1. The summed E-state index contributed by atoms with van der Waals surface area (Å²) in [5.41, 5.74) is -0.489. The average molecular weight is 752 g/mol. The first-order valence-electron chi connectivity index (χ1n) is 16.1. The minimum absolute atomic E-state index is 0.250. The molecule has 0 bridgehead atoms. The summed E-state index contributed by atoms with van der Waals surface area (Å²) < 4.78 is 66.5. The quantitative estimate of drug-likeness (QED) is 0.131. The second kappa shape index (κ2) is 15.2. The van der Waals surface area contributed by atoms with E-state index in [4.69, 9.17) is 4.74 Å². The van der Waals surface area contributed by atoms with Crippen LogP contribution in [0, 0.1) is 20.2 Å². The molecule has 2 atom stereocenters. The summed E-state index contributed by atoms with van der Waals surface area (Å²) in [6.07, 6.45) is -0.792. The van der Waals surface area contributed by atoms with Gasteiger partial charge in [-0.05, 0) is 56.2 Å². The molecular formula is C35H37N5O10S2. The number of non-ortho nitro benzene ring substituents is 2. The first kappa shape index (κ1) is 38.0. The molecule has 15 nitrogen and oxygen atoms in total. The molecule has 1 aliphatic heterocycles. The third-order valence-electron chi connectivity index (χ3n) is 8.32. The average Bonchev–Trinajstić information content (AvgIpc) is 3.54. The molecular weight excluding hydrogens is 715 g/mol. The Morgan fingerprint density at radius 2 is 1.02 bits per heavy atom. The summed E-state index contributed by atoms with van der Waals surface area (Å²) in [6, 6.07) is 23.4. The van der Waals surface area contributed by atoms with E-state index in [1.165, 1.54) is 4.90 Å². The number of carbonyl (C=O) groups excluding carboxylic acids is 1. The highest BCUT2D eigenvalue weighted by Gasteiger charge is 2.50. The topological polar surface area (TPSA) is 191 Å². The van der Waals surface area contributed by atoms with Gasteiger partial charge < -0.3 is 9.64 Å². The normalized spacial score (nSPS) is 16.6. The van der Waals surface area contributed by atoms with Crippen molar-refractivity contribution in [2.75, 3.05) is 13.1 Å². The number of ether oxygens (including phenoxy) is 1. The Hall–Kier alpha value is -5.23. The van der Waals surface area contributed by atoms with Crippen molar-refractivity contribution in [2.45, 2.75) is 61.3 Å². The maximum absolute atomic E-state index is 14.6. The second-order valence-corrected chi connectivity index (χ2v) is 16.9. The monoisotopic (exact) mass is 751 g/mol. The van der Waals surface area contributed by atoms with Crippen LogP contribution in [0.4, 0.5) is 16.2 Å². The zero-order valence-electron chi connectivity index (χ0n) is 28.5. The van der Waals surface area contributed by atoms with Gasteiger partial charge >= 0.3 is 6.09 Å². The predicted molar refractivity (Wildman–Crippen MR) is 190 cm³/mol. The Morgan fingerprint density at radius 1 is 0.673 bits per heavy atom. The summed E-state index contributed by atoms with van der Waals surface area (Å²) in [5.74, 6) is 0. The molecule has 0 radical (unpaired) electrons. The maximum atomic E-state index is 14.6. The van der Waals surface area contributed by atoms with Gasteiger partial charge in [-0.15, -0.1) is 0 Å². The second-order valence-electron chi connectivity index (χ2n) is 13.1. The number of hydrogen-bond acceptors (Lipinski definition) is 10. The van der Waals surface area contributed by atoms with Gasteiger partial charge in [-0.3, -0.25) is 20.2 Å². The maximum Gasteiger partial charge on any atom is 0.410 e. The third kappa shape index (κ3) is 8.62. The molecule has 0 aliphatic carbocycles. The van der Waals surface area contributed by atoms with Crippen LogP contribution in [0.15, 0.2) is 119 Å². The van der Waals surface area contributed by atoms with E-state index in [0.29, 0.717) is 11.1 Å². The summed E-state index contributed by atoms with van der Waals surface area (Å²) >= 11 is 0. The van der Waals surface area contributed by atoms with Gasteiger partial charge in [-0.25, -0.2) is 21.6 Å². The SMILES string of the molecule is CC(C)(C)OC(=O)N1C[C@H](N(Cc2ccccc2)S(=O)(=O)c2ccc([N+](=O)[O-])cc2)[C@@H](N(Cc2ccccc2)S(=O)(=O)c2ccc([N+](=O)[O-])cc2)C1. The third-order valence-corrected chi connectivity index (χ3v) is 12.1. The summed E-state index contributed by atoms with van der Waals surface area (Å²) in [7, 11) is -9.08. The largest absolute Gasteiger partial charge is 0.444 e. The van der Waals surface area contributed by atoms with Gasteiger partial charge in [0.15, 0.2) is 0 Å². The van der Waals surface area contributed by atoms with E-state index in [2.05, 4.69) is 0 Å². The van der Waals surface area contributed by atoms with E-state index in [9.17, 15) is 41.9 Å². The number of amides is 1. The van der Waals surface area contributed by atoms with Crippen molar-refractivity contribution in [1.82, 2.24) is 13.5 Å². The standard InChI is InChI=1S/C35H37N5O10S2/c1-35(2,3)50-34(41)36-24-32(37(22-26-10-6-4-7-11-26)51(46,47)30-18-14-28(15-19-30)39(42)43)33(25-36)38(23-27-12-8-5-9-13-27)52(48,49)31-20-16-29(17-21-31)40(44)45/h4-21,32-33H,22-25H2,1-3H3/t32-,33-/m0/s1. The minimum Gasteiger partial charge on any atom is -0.444 e. The van der Waals surface area contributed by atoms with Gasteiger partial charge in [0.2, 0.25) is 20.0 Å². The van der Waals surface area contributed by atoms with Gasteiger partial charge in [0.05, 0.1) is 31.7 Å². The summed E-state index contributed by atoms with van der Waals surface area (Å²) in [5, 5.41) is 22.8. The van der Waals surface area contributed by atoms with Crippen molar-refractivity contribution >= 4 is 37.5 Å². The lowest BCUT2D eigenvalue weighted by Gasteiger charge is -2.36. The van der Waals surface area contributed by atoms with Crippen LogP contribution in [0.3, 0.4) is 0 Å². The lowest BCUT2D eigenvalue weighted by molar-refractivity contribution is -0.385. The molecule has 1 aliphatic rings. The number of nitro benzene ring substituents is 2. The molecule has 52 heavy (non-hydrogen) atoms. The molecule has 4 aromatic rings. The molecule has 1 saturated heterocycles. The number of nitrogens with zero attached hydrogens (tertiary/aromatic N) is 5. The Kier molecular flexibility index (Phi) is 11.1. The highest BCUT2D eigenvalue weighted by Crippen LogP contribution is 2.34. The molecule has 0 spiro atoms. The number of sulfonamides is 2. The summed E-state index contributed by atoms with van der Waals surface area (Å²) in [4.78, 5) is 35.7. The van der Waals surface area contributed by atoms with Crippen LogP contribution in [-0.4, -0.2) is 77.1 Å². The number of rotatable bonds is 12. The Labute approximate surface area is 301 Å². The van der Waals surface area contributed by atoms with E-state index in [1.807, 2.05) is 0 Å². The van der Waals surface area contributed by atoms with Gasteiger partial charge in [-0.2, -0.15) is 8.61 Å². The molecule has 0 aromatic heterocycles.